The lowest BCUT2D eigenvalue weighted by Crippen LogP contribution is -2.22. The maximum atomic E-state index is 12.0. The minimum Gasteiger partial charge on any atom is -0.339 e. The zero-order chi connectivity index (χ0) is 11.8. The van der Waals surface area contributed by atoms with Gasteiger partial charge in [-0.1, -0.05) is 16.8 Å². The van der Waals surface area contributed by atoms with Gasteiger partial charge in [0.2, 0.25) is 5.65 Å². The summed E-state index contributed by atoms with van der Waals surface area (Å²) in [7, 11) is 0. The van der Waals surface area contributed by atoms with Crippen LogP contribution in [0.4, 0.5) is 0 Å². The summed E-state index contributed by atoms with van der Waals surface area (Å²) in [6.45, 7) is 0. The van der Waals surface area contributed by atoms with E-state index in [-0.39, 0.29) is 5.56 Å². The zero-order valence-corrected chi connectivity index (χ0v) is 9.22. The van der Waals surface area contributed by atoms with E-state index in [1.165, 1.54) is 11.0 Å². The number of H-pyrrole nitrogens is 1. The molecule has 0 unspecified atom stereocenters. The Kier molecular flexibility index (Phi) is 2.15. The second kappa shape index (κ2) is 3.67. The number of rotatable bonds is 1. The second-order valence-corrected chi connectivity index (χ2v) is 3.82. The molecule has 0 saturated carbocycles. The Morgan fingerprint density at radius 3 is 2.76 bits per heavy atom. The van der Waals surface area contributed by atoms with E-state index in [9.17, 15) is 4.79 Å². The third-order valence-corrected chi connectivity index (χ3v) is 2.58. The van der Waals surface area contributed by atoms with Crippen LogP contribution in [-0.2, 0) is 0 Å². The van der Waals surface area contributed by atoms with Crippen molar-refractivity contribution in [1.29, 1.82) is 0 Å². The van der Waals surface area contributed by atoms with E-state index < -0.39 is 0 Å². The first-order valence-corrected chi connectivity index (χ1v) is 5.18. The van der Waals surface area contributed by atoms with Crippen LogP contribution in [0.3, 0.4) is 0 Å². The van der Waals surface area contributed by atoms with Gasteiger partial charge >= 0.3 is 5.56 Å². The summed E-state index contributed by atoms with van der Waals surface area (Å²) in [6.07, 6.45) is 1.41. The van der Waals surface area contributed by atoms with E-state index in [0.29, 0.717) is 21.9 Å². The average Bonchev–Trinajstić information content (AvgIpc) is 2.80. The van der Waals surface area contributed by atoms with Crippen LogP contribution in [-0.4, -0.2) is 25.0 Å². The molecule has 0 fully saturated rings. The van der Waals surface area contributed by atoms with Gasteiger partial charge in [-0.05, 0) is 24.3 Å². The van der Waals surface area contributed by atoms with Crippen LogP contribution in [0.1, 0.15) is 0 Å². The average molecular weight is 248 g/mol. The van der Waals surface area contributed by atoms with E-state index in [0.717, 1.165) is 0 Å². The standard InChI is InChI=1S/C10H6ClN5O/c11-6-1-3-7(4-2-6)16-10(17)8-9(14-15-16)13-5-12-8/h1-5H,(H,12,13). The lowest BCUT2D eigenvalue weighted by Gasteiger charge is -2.02. The number of imidazole rings is 1. The highest BCUT2D eigenvalue weighted by Gasteiger charge is 2.08. The van der Waals surface area contributed by atoms with Gasteiger partial charge < -0.3 is 4.98 Å². The Morgan fingerprint density at radius 1 is 1.24 bits per heavy atom. The van der Waals surface area contributed by atoms with Crippen LogP contribution in [0.5, 0.6) is 0 Å². The number of aromatic amines is 1. The van der Waals surface area contributed by atoms with Crippen LogP contribution in [0, 0.1) is 0 Å². The number of nitrogens with one attached hydrogen (secondary N) is 1. The SMILES string of the molecule is O=c1c2[nH]cnc2nnn1-c1ccc(Cl)cc1. The molecule has 0 radical (unpaired) electrons. The minimum atomic E-state index is -0.296. The molecule has 17 heavy (non-hydrogen) atoms. The Bertz CT molecular complexity index is 730. The van der Waals surface area contributed by atoms with Gasteiger partial charge in [0.15, 0.2) is 5.52 Å². The van der Waals surface area contributed by atoms with Crippen molar-refractivity contribution >= 4 is 22.8 Å². The van der Waals surface area contributed by atoms with Gasteiger partial charge in [-0.25, -0.2) is 4.98 Å². The Hall–Kier alpha value is -2.21. The van der Waals surface area contributed by atoms with Crippen molar-refractivity contribution in [2.24, 2.45) is 0 Å². The maximum Gasteiger partial charge on any atom is 0.300 e. The van der Waals surface area contributed by atoms with Crippen LogP contribution in [0.2, 0.25) is 5.02 Å². The molecule has 0 aliphatic heterocycles. The molecule has 2 aromatic heterocycles. The monoisotopic (exact) mass is 247 g/mol. The van der Waals surface area contributed by atoms with E-state index in [2.05, 4.69) is 20.3 Å². The number of aromatic nitrogens is 5. The number of hydrogen-bond donors (Lipinski definition) is 1. The predicted octanol–water partition coefficient (Wildman–Crippen LogP) is 1.16. The van der Waals surface area contributed by atoms with E-state index in [4.69, 9.17) is 11.6 Å². The van der Waals surface area contributed by atoms with Crippen LogP contribution < -0.4 is 5.56 Å². The molecule has 0 saturated heterocycles. The molecule has 7 heteroatoms. The lowest BCUT2D eigenvalue weighted by atomic mass is 10.3. The van der Waals surface area contributed by atoms with E-state index in [1.54, 1.807) is 24.3 Å². The number of benzene rings is 1. The van der Waals surface area contributed by atoms with Crippen LogP contribution >= 0.6 is 11.6 Å². The summed E-state index contributed by atoms with van der Waals surface area (Å²) in [4.78, 5) is 18.6. The molecular weight excluding hydrogens is 242 g/mol. The molecule has 0 aliphatic carbocycles. The first-order valence-electron chi connectivity index (χ1n) is 4.81. The summed E-state index contributed by atoms with van der Waals surface area (Å²) in [5.41, 5.74) is 0.938. The van der Waals surface area contributed by atoms with Gasteiger partial charge in [0, 0.05) is 5.02 Å². The Labute approximate surface area is 99.9 Å². The van der Waals surface area contributed by atoms with Crippen LogP contribution in [0.15, 0.2) is 35.4 Å². The largest absolute Gasteiger partial charge is 0.339 e. The number of nitrogens with zero attached hydrogens (tertiary/aromatic N) is 4. The first kappa shape index (κ1) is 9.98. The van der Waals surface area contributed by atoms with Gasteiger partial charge in [0.1, 0.15) is 0 Å². The van der Waals surface area contributed by atoms with Gasteiger partial charge in [-0.15, -0.1) is 5.10 Å². The van der Waals surface area contributed by atoms with Gasteiger partial charge in [-0.3, -0.25) is 4.79 Å². The molecule has 2 heterocycles. The van der Waals surface area contributed by atoms with Gasteiger partial charge in [0.05, 0.1) is 12.0 Å². The molecule has 1 aromatic carbocycles. The highest BCUT2D eigenvalue weighted by molar-refractivity contribution is 6.30. The fourth-order valence-corrected chi connectivity index (χ4v) is 1.63. The van der Waals surface area contributed by atoms with Crippen molar-refractivity contribution < 1.29 is 0 Å². The Balaban J connectivity index is 2.27. The molecule has 0 aliphatic rings. The van der Waals surface area contributed by atoms with Crippen molar-refractivity contribution in [3.63, 3.8) is 0 Å². The predicted molar refractivity (Wildman–Crippen MR) is 62.3 cm³/mol. The summed E-state index contributed by atoms with van der Waals surface area (Å²) in [5, 5.41) is 8.24. The quantitative estimate of drug-likeness (QED) is 0.700. The molecular formula is C10H6ClN5O. The van der Waals surface area contributed by atoms with Crippen molar-refractivity contribution in [1.82, 2.24) is 25.0 Å². The molecule has 0 amide bonds. The molecule has 3 aromatic rings. The molecule has 0 spiro atoms. The lowest BCUT2D eigenvalue weighted by molar-refractivity contribution is 0.734. The third-order valence-electron chi connectivity index (χ3n) is 2.33. The topological polar surface area (TPSA) is 76.5 Å². The number of halogens is 1. The van der Waals surface area contributed by atoms with Gasteiger partial charge in [-0.2, -0.15) is 4.68 Å². The van der Waals surface area contributed by atoms with Crippen molar-refractivity contribution in [3.8, 4) is 5.69 Å². The summed E-state index contributed by atoms with van der Waals surface area (Å²) < 4.78 is 1.19. The van der Waals surface area contributed by atoms with E-state index in [1.807, 2.05) is 0 Å². The normalized spacial score (nSPS) is 10.9. The molecule has 0 bridgehead atoms. The summed E-state index contributed by atoms with van der Waals surface area (Å²) in [6, 6.07) is 6.76. The molecule has 3 rings (SSSR count). The highest BCUT2D eigenvalue weighted by Crippen LogP contribution is 2.11. The number of hydrogen-bond acceptors (Lipinski definition) is 4. The smallest absolute Gasteiger partial charge is 0.300 e. The highest BCUT2D eigenvalue weighted by atomic mass is 35.5. The first-order chi connectivity index (χ1) is 8.25. The zero-order valence-electron chi connectivity index (χ0n) is 8.46. The maximum absolute atomic E-state index is 12.0. The van der Waals surface area contributed by atoms with Crippen molar-refractivity contribution in [2.75, 3.05) is 0 Å². The molecule has 0 atom stereocenters. The molecule has 84 valence electrons. The summed E-state index contributed by atoms with van der Waals surface area (Å²) >= 11 is 5.78. The fraction of sp³-hybridized carbons (Fsp3) is 0. The second-order valence-electron chi connectivity index (χ2n) is 3.38. The van der Waals surface area contributed by atoms with Crippen LogP contribution in [0.25, 0.3) is 16.9 Å². The minimum absolute atomic E-state index is 0.296. The third kappa shape index (κ3) is 1.58. The Morgan fingerprint density at radius 2 is 2.00 bits per heavy atom. The van der Waals surface area contributed by atoms with Crippen molar-refractivity contribution in [2.45, 2.75) is 0 Å². The fourth-order valence-electron chi connectivity index (χ4n) is 1.51. The molecule has 6 nitrogen and oxygen atoms in total. The molecule has 1 N–H and O–H groups in total. The number of fused-ring (bicyclic) bond motifs is 1. The summed E-state index contributed by atoms with van der Waals surface area (Å²) in [5.74, 6) is 0. The van der Waals surface area contributed by atoms with Gasteiger partial charge in [0.25, 0.3) is 0 Å². The van der Waals surface area contributed by atoms with E-state index >= 15 is 0 Å². The van der Waals surface area contributed by atoms with Crippen molar-refractivity contribution in [3.05, 3.63) is 46.0 Å².